The van der Waals surface area contributed by atoms with Crippen molar-refractivity contribution in [2.24, 2.45) is 10.7 Å². The molecule has 0 bridgehead atoms. The third-order valence-corrected chi connectivity index (χ3v) is 4.84. The summed E-state index contributed by atoms with van der Waals surface area (Å²) in [6.45, 7) is 3.08. The number of methoxy groups -OCH3 is 1. The lowest BCUT2D eigenvalue weighted by atomic mass is 9.90. The highest BCUT2D eigenvalue weighted by Crippen LogP contribution is 2.34. The molecule has 0 amide bonds. The molecule has 4 nitrogen and oxygen atoms in total. The standard InChI is InChI=1S/C17H25N3O/c1-17(11-13-7-9-15(21-2)10-8-13)12-19-16(18)20(17)14-5-3-4-6-14/h7-10,14H,3-6,11-12H2,1-2H3,(H2,18,19). The van der Waals surface area contributed by atoms with Crippen LogP contribution in [0.1, 0.15) is 38.2 Å². The van der Waals surface area contributed by atoms with E-state index in [0.29, 0.717) is 6.04 Å². The van der Waals surface area contributed by atoms with E-state index in [-0.39, 0.29) is 5.54 Å². The molecule has 0 aromatic heterocycles. The molecule has 1 unspecified atom stereocenters. The SMILES string of the molecule is COc1ccc(CC2(C)CN=C(N)N2C2CCCC2)cc1. The van der Waals surface area contributed by atoms with Gasteiger partial charge in [-0.15, -0.1) is 0 Å². The fraction of sp³-hybridized carbons (Fsp3) is 0.588. The fourth-order valence-corrected chi connectivity index (χ4v) is 3.79. The zero-order valence-corrected chi connectivity index (χ0v) is 13.0. The number of guanidine groups is 1. The smallest absolute Gasteiger partial charge is 0.192 e. The number of nitrogens with two attached hydrogens (primary N) is 1. The van der Waals surface area contributed by atoms with Crippen LogP contribution in [0.5, 0.6) is 5.75 Å². The van der Waals surface area contributed by atoms with Crippen molar-refractivity contribution in [1.82, 2.24) is 4.90 Å². The lowest BCUT2D eigenvalue weighted by Crippen LogP contribution is -2.55. The Labute approximate surface area is 127 Å². The van der Waals surface area contributed by atoms with Crippen molar-refractivity contribution in [3.63, 3.8) is 0 Å². The average molecular weight is 287 g/mol. The van der Waals surface area contributed by atoms with Gasteiger partial charge in [0.1, 0.15) is 5.75 Å². The maximum absolute atomic E-state index is 6.19. The predicted octanol–water partition coefficient (Wildman–Crippen LogP) is 2.57. The fourth-order valence-electron chi connectivity index (χ4n) is 3.79. The molecule has 1 saturated carbocycles. The van der Waals surface area contributed by atoms with E-state index in [1.165, 1.54) is 31.2 Å². The number of hydrogen-bond acceptors (Lipinski definition) is 4. The number of rotatable bonds is 4. The minimum atomic E-state index is 0.00762. The first-order chi connectivity index (χ1) is 10.1. The van der Waals surface area contributed by atoms with E-state index in [9.17, 15) is 0 Å². The molecule has 1 aromatic carbocycles. The highest BCUT2D eigenvalue weighted by Gasteiger charge is 2.42. The van der Waals surface area contributed by atoms with Gasteiger partial charge >= 0.3 is 0 Å². The van der Waals surface area contributed by atoms with E-state index in [4.69, 9.17) is 10.5 Å². The lowest BCUT2D eigenvalue weighted by molar-refractivity contribution is 0.166. The Morgan fingerprint density at radius 1 is 1.29 bits per heavy atom. The Bertz CT molecular complexity index is 519. The van der Waals surface area contributed by atoms with Gasteiger partial charge in [-0.05, 0) is 43.9 Å². The summed E-state index contributed by atoms with van der Waals surface area (Å²) in [7, 11) is 1.70. The van der Waals surface area contributed by atoms with Gasteiger partial charge < -0.3 is 15.4 Å². The van der Waals surface area contributed by atoms with E-state index < -0.39 is 0 Å². The molecule has 1 heterocycles. The molecular weight excluding hydrogens is 262 g/mol. The van der Waals surface area contributed by atoms with Crippen LogP contribution in [0, 0.1) is 0 Å². The maximum atomic E-state index is 6.19. The topological polar surface area (TPSA) is 50.9 Å². The van der Waals surface area contributed by atoms with Crippen LogP contribution in [0.3, 0.4) is 0 Å². The highest BCUT2D eigenvalue weighted by molar-refractivity contribution is 5.81. The summed E-state index contributed by atoms with van der Waals surface area (Å²) in [6.07, 6.45) is 6.08. The van der Waals surface area contributed by atoms with Gasteiger partial charge in [-0.25, -0.2) is 0 Å². The van der Waals surface area contributed by atoms with Crippen LogP contribution in [0.25, 0.3) is 0 Å². The highest BCUT2D eigenvalue weighted by atomic mass is 16.5. The summed E-state index contributed by atoms with van der Waals surface area (Å²) in [5.41, 5.74) is 7.51. The second kappa shape index (κ2) is 5.58. The second-order valence-corrected chi connectivity index (χ2v) is 6.50. The molecule has 1 aromatic rings. The van der Waals surface area contributed by atoms with Gasteiger partial charge in [0.15, 0.2) is 5.96 Å². The first-order valence-corrected chi connectivity index (χ1v) is 7.84. The summed E-state index contributed by atoms with van der Waals surface area (Å²) in [5, 5.41) is 0. The van der Waals surface area contributed by atoms with Gasteiger partial charge in [0.2, 0.25) is 0 Å². The van der Waals surface area contributed by atoms with E-state index >= 15 is 0 Å². The summed E-state index contributed by atoms with van der Waals surface area (Å²) in [4.78, 5) is 6.93. The third-order valence-electron chi connectivity index (χ3n) is 4.84. The molecule has 4 heteroatoms. The molecule has 1 aliphatic heterocycles. The van der Waals surface area contributed by atoms with E-state index in [0.717, 1.165) is 24.7 Å². The van der Waals surface area contributed by atoms with Gasteiger partial charge in [-0.3, -0.25) is 4.99 Å². The molecular formula is C17H25N3O. The van der Waals surface area contributed by atoms with Crippen molar-refractivity contribution in [2.45, 2.75) is 50.6 Å². The maximum Gasteiger partial charge on any atom is 0.192 e. The minimum absolute atomic E-state index is 0.00762. The van der Waals surface area contributed by atoms with Crippen LogP contribution >= 0.6 is 0 Å². The average Bonchev–Trinajstić information content (AvgIpc) is 3.08. The van der Waals surface area contributed by atoms with Crippen molar-refractivity contribution in [3.05, 3.63) is 29.8 Å². The van der Waals surface area contributed by atoms with Crippen LogP contribution < -0.4 is 10.5 Å². The molecule has 114 valence electrons. The van der Waals surface area contributed by atoms with E-state index in [1.54, 1.807) is 7.11 Å². The zero-order valence-electron chi connectivity index (χ0n) is 13.0. The Hall–Kier alpha value is -1.71. The van der Waals surface area contributed by atoms with Crippen molar-refractivity contribution < 1.29 is 4.74 Å². The van der Waals surface area contributed by atoms with Crippen LogP contribution in [-0.2, 0) is 6.42 Å². The van der Waals surface area contributed by atoms with E-state index in [2.05, 4.69) is 28.9 Å². The quantitative estimate of drug-likeness (QED) is 0.926. The molecule has 1 aliphatic carbocycles. The van der Waals surface area contributed by atoms with Crippen LogP contribution in [0.15, 0.2) is 29.3 Å². The van der Waals surface area contributed by atoms with E-state index in [1.807, 2.05) is 12.1 Å². The largest absolute Gasteiger partial charge is 0.497 e. The van der Waals surface area contributed by atoms with Crippen LogP contribution in [0.4, 0.5) is 0 Å². The molecule has 0 radical (unpaired) electrons. The zero-order chi connectivity index (χ0) is 14.9. The van der Waals surface area contributed by atoms with Gasteiger partial charge in [0, 0.05) is 6.04 Å². The Balaban J connectivity index is 1.78. The van der Waals surface area contributed by atoms with Gasteiger partial charge in [-0.2, -0.15) is 0 Å². The monoisotopic (exact) mass is 287 g/mol. The Morgan fingerprint density at radius 2 is 1.95 bits per heavy atom. The van der Waals surface area contributed by atoms with Crippen molar-refractivity contribution in [1.29, 1.82) is 0 Å². The molecule has 0 spiro atoms. The normalized spacial score (nSPS) is 26.2. The lowest BCUT2D eigenvalue weighted by Gasteiger charge is -2.40. The number of ether oxygens (including phenoxy) is 1. The summed E-state index contributed by atoms with van der Waals surface area (Å²) in [6, 6.07) is 8.91. The third kappa shape index (κ3) is 2.71. The molecule has 1 fully saturated rings. The molecule has 0 saturated heterocycles. The summed E-state index contributed by atoms with van der Waals surface area (Å²) in [5.74, 6) is 1.64. The molecule has 21 heavy (non-hydrogen) atoms. The number of aliphatic imine (C=N–C) groups is 1. The van der Waals surface area contributed by atoms with Crippen molar-refractivity contribution >= 4 is 5.96 Å². The molecule has 2 N–H and O–H groups in total. The first-order valence-electron chi connectivity index (χ1n) is 7.84. The second-order valence-electron chi connectivity index (χ2n) is 6.50. The number of hydrogen-bond donors (Lipinski definition) is 1. The minimum Gasteiger partial charge on any atom is -0.497 e. The van der Waals surface area contributed by atoms with Gasteiger partial charge in [0.05, 0.1) is 19.2 Å². The first kappa shape index (κ1) is 14.2. The molecule has 1 atom stereocenters. The van der Waals surface area contributed by atoms with Gasteiger partial charge in [-0.1, -0.05) is 25.0 Å². The van der Waals surface area contributed by atoms with Crippen LogP contribution in [-0.4, -0.2) is 36.1 Å². The predicted molar refractivity (Wildman–Crippen MR) is 85.7 cm³/mol. The molecule has 2 aliphatic rings. The van der Waals surface area contributed by atoms with Crippen LogP contribution in [0.2, 0.25) is 0 Å². The molecule has 3 rings (SSSR count). The Morgan fingerprint density at radius 3 is 2.57 bits per heavy atom. The number of nitrogens with zero attached hydrogens (tertiary/aromatic N) is 2. The van der Waals surface area contributed by atoms with Crippen molar-refractivity contribution in [2.75, 3.05) is 13.7 Å². The van der Waals surface area contributed by atoms with Crippen molar-refractivity contribution in [3.8, 4) is 5.75 Å². The Kier molecular flexibility index (Phi) is 3.79. The number of benzene rings is 1. The summed E-state index contributed by atoms with van der Waals surface area (Å²) < 4.78 is 5.23. The summed E-state index contributed by atoms with van der Waals surface area (Å²) >= 11 is 0. The van der Waals surface area contributed by atoms with Gasteiger partial charge in [0.25, 0.3) is 0 Å².